The van der Waals surface area contributed by atoms with Crippen LogP contribution in [0.5, 0.6) is 0 Å². The van der Waals surface area contributed by atoms with Gasteiger partial charge in [0, 0.05) is 5.92 Å². The van der Waals surface area contributed by atoms with Crippen LogP contribution in [0.25, 0.3) is 0 Å². The molecule has 18 heavy (non-hydrogen) atoms. The second-order valence-corrected chi connectivity index (χ2v) is 6.61. The van der Waals surface area contributed by atoms with Crippen LogP contribution in [-0.2, 0) is 10.2 Å². The van der Waals surface area contributed by atoms with Crippen LogP contribution in [0, 0.1) is 23.7 Å². The Morgan fingerprint density at radius 1 is 1.11 bits per heavy atom. The summed E-state index contributed by atoms with van der Waals surface area (Å²) in [5, 5.41) is 0. The maximum atomic E-state index is 11.6. The van der Waals surface area contributed by atoms with Gasteiger partial charge in [-0.1, -0.05) is 30.3 Å². The van der Waals surface area contributed by atoms with E-state index in [9.17, 15) is 4.79 Å². The van der Waals surface area contributed by atoms with E-state index in [4.69, 9.17) is 5.73 Å². The number of benzene rings is 1. The molecule has 1 aromatic carbocycles. The molecule has 0 saturated heterocycles. The normalized spacial score (nSPS) is 44.4. The lowest BCUT2D eigenvalue weighted by Gasteiger charge is -2.41. The van der Waals surface area contributed by atoms with Crippen LogP contribution in [0.15, 0.2) is 30.3 Å². The van der Waals surface area contributed by atoms with Gasteiger partial charge in [-0.05, 0) is 54.4 Å². The Morgan fingerprint density at radius 2 is 1.83 bits per heavy atom. The third kappa shape index (κ3) is 1.21. The van der Waals surface area contributed by atoms with Gasteiger partial charge in [-0.3, -0.25) is 4.79 Å². The smallest absolute Gasteiger partial charge is 0.221 e. The highest BCUT2D eigenvalue weighted by atomic mass is 16.1. The van der Waals surface area contributed by atoms with Gasteiger partial charge < -0.3 is 5.73 Å². The molecule has 0 aromatic heterocycles. The lowest BCUT2D eigenvalue weighted by atomic mass is 9.63. The Kier molecular flexibility index (Phi) is 1.98. The summed E-state index contributed by atoms with van der Waals surface area (Å²) in [5.41, 5.74) is 7.47. The summed E-state index contributed by atoms with van der Waals surface area (Å²) >= 11 is 0. The van der Waals surface area contributed by atoms with E-state index in [1.807, 2.05) is 0 Å². The van der Waals surface area contributed by atoms with Gasteiger partial charge in [-0.2, -0.15) is 0 Å². The molecule has 2 nitrogen and oxygen atoms in total. The minimum Gasteiger partial charge on any atom is -0.369 e. The molecule has 0 heterocycles. The van der Waals surface area contributed by atoms with E-state index in [2.05, 4.69) is 30.3 Å². The van der Waals surface area contributed by atoms with Crippen LogP contribution in [-0.4, -0.2) is 5.91 Å². The number of hydrogen-bond acceptors (Lipinski definition) is 1. The van der Waals surface area contributed by atoms with Crippen LogP contribution in [0.2, 0.25) is 0 Å². The van der Waals surface area contributed by atoms with Crippen LogP contribution in [0.4, 0.5) is 0 Å². The average Bonchev–Trinajstić information content (AvgIpc) is 2.77. The number of carbonyl (C=O) groups excluding carboxylic acids is 1. The van der Waals surface area contributed by atoms with Crippen molar-refractivity contribution in [1.82, 2.24) is 0 Å². The van der Waals surface area contributed by atoms with Gasteiger partial charge in [-0.15, -0.1) is 0 Å². The molecule has 5 unspecified atom stereocenters. The molecule has 94 valence electrons. The van der Waals surface area contributed by atoms with Gasteiger partial charge in [-0.25, -0.2) is 0 Å². The molecule has 1 amide bonds. The fourth-order valence-corrected chi connectivity index (χ4v) is 5.39. The molecule has 4 aliphatic carbocycles. The maximum Gasteiger partial charge on any atom is 0.221 e. The van der Waals surface area contributed by atoms with Crippen molar-refractivity contribution in [1.29, 1.82) is 0 Å². The molecule has 4 saturated carbocycles. The van der Waals surface area contributed by atoms with Crippen molar-refractivity contribution >= 4 is 5.91 Å². The predicted molar refractivity (Wildman–Crippen MR) is 69.7 cm³/mol. The zero-order valence-electron chi connectivity index (χ0n) is 10.5. The van der Waals surface area contributed by atoms with E-state index >= 15 is 0 Å². The summed E-state index contributed by atoms with van der Waals surface area (Å²) in [4.78, 5) is 11.6. The molecular weight excluding hydrogens is 222 g/mol. The predicted octanol–water partition coefficient (Wildman–Crippen LogP) is 2.48. The SMILES string of the molecule is NC(=O)C1C2CC3CC(c4ccccc4)(C2)CC31. The van der Waals surface area contributed by atoms with Crippen molar-refractivity contribution in [2.45, 2.75) is 31.1 Å². The van der Waals surface area contributed by atoms with E-state index in [-0.39, 0.29) is 11.8 Å². The topological polar surface area (TPSA) is 43.1 Å². The first-order chi connectivity index (χ1) is 8.70. The molecule has 4 aliphatic rings. The molecule has 4 bridgehead atoms. The van der Waals surface area contributed by atoms with Gasteiger partial charge >= 0.3 is 0 Å². The van der Waals surface area contributed by atoms with E-state index in [1.165, 1.54) is 31.2 Å². The van der Waals surface area contributed by atoms with Gasteiger partial charge in [0.1, 0.15) is 0 Å². The molecule has 2 N–H and O–H groups in total. The number of hydrogen-bond donors (Lipinski definition) is 1. The molecule has 5 rings (SSSR count). The molecule has 0 spiro atoms. The lowest BCUT2D eigenvalue weighted by Crippen LogP contribution is -2.40. The highest BCUT2D eigenvalue weighted by Crippen LogP contribution is 2.66. The van der Waals surface area contributed by atoms with Crippen molar-refractivity contribution in [3.63, 3.8) is 0 Å². The summed E-state index contributed by atoms with van der Waals surface area (Å²) < 4.78 is 0. The summed E-state index contributed by atoms with van der Waals surface area (Å²) in [5.74, 6) is 2.01. The third-order valence-electron chi connectivity index (χ3n) is 5.83. The Balaban J connectivity index is 1.72. The average molecular weight is 241 g/mol. The van der Waals surface area contributed by atoms with Crippen molar-refractivity contribution in [3.05, 3.63) is 35.9 Å². The van der Waals surface area contributed by atoms with Crippen molar-refractivity contribution in [3.8, 4) is 0 Å². The second-order valence-electron chi connectivity index (χ2n) is 6.61. The molecule has 0 radical (unpaired) electrons. The van der Waals surface area contributed by atoms with Crippen molar-refractivity contribution in [2.24, 2.45) is 29.4 Å². The monoisotopic (exact) mass is 241 g/mol. The minimum absolute atomic E-state index is 0.0453. The van der Waals surface area contributed by atoms with Crippen LogP contribution < -0.4 is 5.73 Å². The first kappa shape index (κ1) is 10.6. The van der Waals surface area contributed by atoms with Crippen LogP contribution in [0.1, 0.15) is 31.2 Å². The molecular formula is C16H19NO. The zero-order chi connectivity index (χ0) is 12.3. The number of primary amides is 1. The van der Waals surface area contributed by atoms with Crippen molar-refractivity contribution in [2.75, 3.05) is 0 Å². The largest absolute Gasteiger partial charge is 0.369 e. The fourth-order valence-electron chi connectivity index (χ4n) is 5.39. The molecule has 4 fully saturated rings. The van der Waals surface area contributed by atoms with Crippen LogP contribution in [0.3, 0.4) is 0 Å². The standard InChI is InChI=1S/C16H19NO/c17-15(18)14-11-6-10-7-16(8-11,9-13(10)14)12-4-2-1-3-5-12/h1-5,10-11,13-14H,6-9H2,(H2,17,18). The van der Waals surface area contributed by atoms with Gasteiger partial charge in [0.05, 0.1) is 0 Å². The number of nitrogens with two attached hydrogens (primary N) is 1. The highest BCUT2D eigenvalue weighted by Gasteiger charge is 2.62. The van der Waals surface area contributed by atoms with Gasteiger partial charge in [0.15, 0.2) is 0 Å². The Morgan fingerprint density at radius 3 is 2.50 bits per heavy atom. The lowest BCUT2D eigenvalue weighted by molar-refractivity contribution is -0.125. The summed E-state index contributed by atoms with van der Waals surface area (Å²) in [6, 6.07) is 10.9. The molecule has 0 aliphatic heterocycles. The van der Waals surface area contributed by atoms with E-state index in [0.717, 1.165) is 5.92 Å². The number of carbonyl (C=O) groups is 1. The molecule has 2 heteroatoms. The summed E-state index contributed by atoms with van der Waals surface area (Å²) in [6.45, 7) is 0. The second kappa shape index (κ2) is 3.37. The number of rotatable bonds is 2. The molecule has 5 atom stereocenters. The number of amides is 1. The fraction of sp³-hybridized carbons (Fsp3) is 0.562. The van der Waals surface area contributed by atoms with Crippen LogP contribution >= 0.6 is 0 Å². The Labute approximate surface area is 108 Å². The van der Waals surface area contributed by atoms with Crippen molar-refractivity contribution < 1.29 is 4.79 Å². The zero-order valence-corrected chi connectivity index (χ0v) is 10.5. The highest BCUT2D eigenvalue weighted by molar-refractivity contribution is 5.78. The van der Waals surface area contributed by atoms with Gasteiger partial charge in [0.25, 0.3) is 0 Å². The van der Waals surface area contributed by atoms with Gasteiger partial charge in [0.2, 0.25) is 5.91 Å². The summed E-state index contributed by atoms with van der Waals surface area (Å²) in [6.07, 6.45) is 4.89. The quantitative estimate of drug-likeness (QED) is 0.849. The third-order valence-corrected chi connectivity index (χ3v) is 5.83. The first-order valence-corrected chi connectivity index (χ1v) is 7.04. The van der Waals surface area contributed by atoms with E-state index in [1.54, 1.807) is 0 Å². The first-order valence-electron chi connectivity index (χ1n) is 7.04. The molecule has 1 aromatic rings. The minimum atomic E-state index is -0.0453. The maximum absolute atomic E-state index is 11.6. The summed E-state index contributed by atoms with van der Waals surface area (Å²) in [7, 11) is 0. The van der Waals surface area contributed by atoms with E-state index in [0.29, 0.717) is 17.3 Å². The van der Waals surface area contributed by atoms with E-state index < -0.39 is 0 Å². The Hall–Kier alpha value is -1.31. The Bertz CT molecular complexity index is 493.